The molecule has 1 aliphatic rings. The van der Waals surface area contributed by atoms with Gasteiger partial charge in [0.05, 0.1) is 24.3 Å². The molecule has 2 heterocycles. The first kappa shape index (κ1) is 21.1. The van der Waals surface area contributed by atoms with Gasteiger partial charge in [0, 0.05) is 6.20 Å². The molecular formula is C17H16ClF2N3O6. The number of rotatable bonds is 5. The van der Waals surface area contributed by atoms with E-state index in [1.807, 2.05) is 0 Å². The largest absolute Gasteiger partial charge is 0.497 e. The van der Waals surface area contributed by atoms with Crippen LogP contribution in [0.25, 0.3) is 0 Å². The molecule has 3 atom stereocenters. The van der Waals surface area contributed by atoms with Crippen molar-refractivity contribution in [2.45, 2.75) is 24.4 Å². The van der Waals surface area contributed by atoms with E-state index in [-0.39, 0.29) is 16.4 Å². The number of ether oxygens (including phenoxy) is 2. The normalized spacial score (nSPS) is 23.0. The summed E-state index contributed by atoms with van der Waals surface area (Å²) >= 11 is 6.01. The summed E-state index contributed by atoms with van der Waals surface area (Å²) in [6.07, 6.45) is -5.07. The quantitative estimate of drug-likeness (QED) is 0.646. The number of benzene rings is 1. The highest BCUT2D eigenvalue weighted by molar-refractivity contribution is 6.34. The van der Waals surface area contributed by atoms with Gasteiger partial charge >= 0.3 is 11.6 Å². The number of aliphatic hydroxyl groups excluding tert-OH is 2. The first-order valence-corrected chi connectivity index (χ1v) is 8.63. The Morgan fingerprint density at radius 1 is 1.45 bits per heavy atom. The zero-order valence-electron chi connectivity index (χ0n) is 14.9. The van der Waals surface area contributed by atoms with E-state index >= 15 is 0 Å². The van der Waals surface area contributed by atoms with Gasteiger partial charge in [-0.25, -0.2) is 4.79 Å². The molecule has 1 fully saturated rings. The summed E-state index contributed by atoms with van der Waals surface area (Å²) in [6.45, 7) is -0.855. The Bertz CT molecular complexity index is 986. The van der Waals surface area contributed by atoms with Crippen molar-refractivity contribution in [3.63, 3.8) is 0 Å². The molecule has 29 heavy (non-hydrogen) atoms. The van der Waals surface area contributed by atoms with Crippen molar-refractivity contribution in [2.24, 2.45) is 0 Å². The van der Waals surface area contributed by atoms with Crippen LogP contribution in [0.5, 0.6) is 5.75 Å². The number of anilines is 1. The van der Waals surface area contributed by atoms with Gasteiger partial charge in [0.1, 0.15) is 17.7 Å². The summed E-state index contributed by atoms with van der Waals surface area (Å²) in [5.74, 6) is -4.28. The standard InChI is InChI=1S/C17H16ClF2N3O6/c1-28-8-2-3-9(10(18)6-8)14(26)21-12-4-5-23(16(27)22-12)15-17(19,20)13(25)11(7-24)29-15/h2-6,11,13,15,24-25H,7H2,1H3,(H,21,22,26,27)/t11-,13-,15?/m1/s1. The maximum Gasteiger partial charge on any atom is 0.351 e. The molecule has 1 aliphatic heterocycles. The van der Waals surface area contributed by atoms with Gasteiger partial charge in [0.15, 0.2) is 6.10 Å². The van der Waals surface area contributed by atoms with E-state index in [0.29, 0.717) is 10.3 Å². The molecule has 3 rings (SSSR count). The molecule has 0 radical (unpaired) electrons. The number of nitrogens with one attached hydrogen (secondary N) is 1. The summed E-state index contributed by atoms with van der Waals surface area (Å²) in [7, 11) is 1.43. The van der Waals surface area contributed by atoms with Gasteiger partial charge in [-0.2, -0.15) is 13.8 Å². The van der Waals surface area contributed by atoms with E-state index < -0.39 is 42.6 Å². The van der Waals surface area contributed by atoms with E-state index in [1.165, 1.54) is 25.3 Å². The average molecular weight is 432 g/mol. The van der Waals surface area contributed by atoms with Crippen LogP contribution in [0.2, 0.25) is 5.02 Å². The smallest absolute Gasteiger partial charge is 0.351 e. The summed E-state index contributed by atoms with van der Waals surface area (Å²) in [5.41, 5.74) is -1.07. The fourth-order valence-electron chi connectivity index (χ4n) is 2.77. The Morgan fingerprint density at radius 2 is 2.17 bits per heavy atom. The van der Waals surface area contributed by atoms with E-state index in [0.717, 1.165) is 12.3 Å². The van der Waals surface area contributed by atoms with Crippen molar-refractivity contribution < 1.29 is 33.3 Å². The second-order valence-corrected chi connectivity index (χ2v) is 6.54. The molecule has 3 N–H and O–H groups in total. The van der Waals surface area contributed by atoms with E-state index in [2.05, 4.69) is 10.3 Å². The lowest BCUT2D eigenvalue weighted by Gasteiger charge is -2.21. The van der Waals surface area contributed by atoms with Gasteiger partial charge in [0.2, 0.25) is 6.23 Å². The molecule has 1 saturated heterocycles. The minimum absolute atomic E-state index is 0.0815. The van der Waals surface area contributed by atoms with Gasteiger partial charge in [-0.3, -0.25) is 9.36 Å². The summed E-state index contributed by atoms with van der Waals surface area (Å²) < 4.78 is 38.7. The first-order valence-electron chi connectivity index (χ1n) is 8.25. The van der Waals surface area contributed by atoms with Gasteiger partial charge in [-0.15, -0.1) is 0 Å². The number of hydrogen-bond acceptors (Lipinski definition) is 7. The average Bonchev–Trinajstić information content (AvgIpc) is 2.91. The molecule has 0 aliphatic carbocycles. The second-order valence-electron chi connectivity index (χ2n) is 6.13. The van der Waals surface area contributed by atoms with Crippen LogP contribution >= 0.6 is 11.6 Å². The Morgan fingerprint density at radius 3 is 2.72 bits per heavy atom. The third kappa shape index (κ3) is 3.94. The van der Waals surface area contributed by atoms with Gasteiger partial charge < -0.3 is 25.0 Å². The van der Waals surface area contributed by atoms with Crippen LogP contribution in [0.1, 0.15) is 16.6 Å². The number of carbonyl (C=O) groups is 1. The number of aromatic nitrogens is 2. The van der Waals surface area contributed by atoms with Crippen LogP contribution in [0, 0.1) is 0 Å². The van der Waals surface area contributed by atoms with E-state index in [1.54, 1.807) is 0 Å². The second kappa shape index (κ2) is 8.03. The lowest BCUT2D eigenvalue weighted by atomic mass is 10.1. The fraction of sp³-hybridized carbons (Fsp3) is 0.353. The highest BCUT2D eigenvalue weighted by atomic mass is 35.5. The van der Waals surface area contributed by atoms with E-state index in [4.69, 9.17) is 26.2 Å². The van der Waals surface area contributed by atoms with Crippen LogP contribution in [-0.2, 0) is 4.74 Å². The Balaban J connectivity index is 1.82. The highest BCUT2D eigenvalue weighted by Gasteiger charge is 2.59. The minimum Gasteiger partial charge on any atom is -0.497 e. The van der Waals surface area contributed by atoms with Crippen LogP contribution in [0.4, 0.5) is 14.6 Å². The van der Waals surface area contributed by atoms with E-state index in [9.17, 15) is 23.5 Å². The maximum absolute atomic E-state index is 14.2. The Kier molecular flexibility index (Phi) is 5.85. The number of carbonyl (C=O) groups excluding carboxylic acids is 1. The fourth-order valence-corrected chi connectivity index (χ4v) is 3.03. The molecule has 0 spiro atoms. The predicted molar refractivity (Wildman–Crippen MR) is 96.4 cm³/mol. The number of amides is 1. The minimum atomic E-state index is -3.83. The van der Waals surface area contributed by atoms with Gasteiger partial charge in [0.25, 0.3) is 5.91 Å². The van der Waals surface area contributed by atoms with Crippen molar-refractivity contribution in [2.75, 3.05) is 19.0 Å². The molecule has 0 saturated carbocycles. The predicted octanol–water partition coefficient (Wildman–Crippen LogP) is 1.04. The zero-order valence-corrected chi connectivity index (χ0v) is 15.6. The van der Waals surface area contributed by atoms with Crippen LogP contribution in [0.3, 0.4) is 0 Å². The van der Waals surface area contributed by atoms with Crippen LogP contribution < -0.4 is 15.7 Å². The number of methoxy groups -OCH3 is 1. The zero-order chi connectivity index (χ0) is 21.3. The summed E-state index contributed by atoms with van der Waals surface area (Å²) in [5, 5.41) is 21.0. The SMILES string of the molecule is COc1ccc(C(=O)Nc2ccn(C3O[C@H](CO)[C@@H](O)C3(F)F)c(=O)n2)c(Cl)c1. The number of alkyl halides is 2. The molecule has 1 aromatic heterocycles. The number of hydrogen-bond donors (Lipinski definition) is 3. The lowest BCUT2D eigenvalue weighted by molar-refractivity contribution is -0.140. The molecular weight excluding hydrogens is 416 g/mol. The third-order valence-electron chi connectivity index (χ3n) is 4.30. The van der Waals surface area contributed by atoms with Crippen molar-refractivity contribution in [1.82, 2.24) is 9.55 Å². The lowest BCUT2D eigenvalue weighted by Crippen LogP contribution is -2.41. The third-order valence-corrected chi connectivity index (χ3v) is 4.62. The first-order chi connectivity index (χ1) is 13.7. The van der Waals surface area contributed by atoms with Crippen LogP contribution in [0.15, 0.2) is 35.3 Å². The van der Waals surface area contributed by atoms with Crippen molar-refractivity contribution >= 4 is 23.3 Å². The molecule has 0 bridgehead atoms. The summed E-state index contributed by atoms with van der Waals surface area (Å²) in [6, 6.07) is 5.44. The molecule has 1 unspecified atom stereocenters. The molecule has 9 nitrogen and oxygen atoms in total. The van der Waals surface area contributed by atoms with Crippen LogP contribution in [-0.4, -0.2) is 57.5 Å². The number of halogens is 3. The Labute approximate surface area is 167 Å². The number of aliphatic hydroxyl groups is 2. The van der Waals surface area contributed by atoms with Gasteiger partial charge in [-0.1, -0.05) is 11.6 Å². The molecule has 156 valence electrons. The van der Waals surface area contributed by atoms with Crippen molar-refractivity contribution in [1.29, 1.82) is 0 Å². The number of nitrogens with zero attached hydrogens (tertiary/aromatic N) is 2. The molecule has 1 amide bonds. The molecule has 2 aromatic rings. The van der Waals surface area contributed by atoms with Crippen molar-refractivity contribution in [3.8, 4) is 5.75 Å². The van der Waals surface area contributed by atoms with Gasteiger partial charge in [-0.05, 0) is 24.3 Å². The topological polar surface area (TPSA) is 123 Å². The summed E-state index contributed by atoms with van der Waals surface area (Å²) in [4.78, 5) is 28.0. The molecule has 1 aromatic carbocycles. The maximum atomic E-state index is 14.2. The highest BCUT2D eigenvalue weighted by Crippen LogP contribution is 2.42. The monoisotopic (exact) mass is 431 g/mol. The molecule has 12 heteroatoms. The Hall–Kier alpha value is -2.60. The van der Waals surface area contributed by atoms with Crippen molar-refractivity contribution in [3.05, 3.63) is 51.5 Å².